The third kappa shape index (κ3) is 4.13. The molecule has 39 heavy (non-hydrogen) atoms. The summed E-state index contributed by atoms with van der Waals surface area (Å²) in [6, 6.07) is 16.5. The van der Waals surface area contributed by atoms with Crippen molar-refractivity contribution >= 4 is 5.91 Å². The van der Waals surface area contributed by atoms with Gasteiger partial charge in [0.1, 0.15) is 0 Å². The number of aromatic nitrogens is 2. The van der Waals surface area contributed by atoms with Crippen molar-refractivity contribution in [1.82, 2.24) is 19.6 Å². The molecule has 4 bridgehead atoms. The Labute approximate surface area is 229 Å². The topological polar surface area (TPSA) is 59.8 Å². The van der Waals surface area contributed by atoms with Crippen LogP contribution in [0.4, 0.5) is 0 Å². The van der Waals surface area contributed by atoms with E-state index in [0.29, 0.717) is 6.79 Å². The molecule has 1 amide bonds. The van der Waals surface area contributed by atoms with E-state index in [9.17, 15) is 4.79 Å². The van der Waals surface area contributed by atoms with Crippen molar-refractivity contribution in [3.05, 3.63) is 71.5 Å². The molecule has 5 fully saturated rings. The first kappa shape index (κ1) is 23.6. The van der Waals surface area contributed by atoms with E-state index >= 15 is 0 Å². The molecule has 7 nitrogen and oxygen atoms in total. The quantitative estimate of drug-likeness (QED) is 0.469. The monoisotopic (exact) mass is 524 g/mol. The largest absolute Gasteiger partial charge is 0.454 e. The van der Waals surface area contributed by atoms with Crippen molar-refractivity contribution in [3.8, 4) is 17.2 Å². The summed E-state index contributed by atoms with van der Waals surface area (Å²) in [6.45, 7) is 4.34. The maximum atomic E-state index is 14.2. The Balaban J connectivity index is 1.04. The van der Waals surface area contributed by atoms with E-state index in [4.69, 9.17) is 14.6 Å². The fraction of sp³-hybridized carbons (Fsp3) is 0.500. The van der Waals surface area contributed by atoms with Crippen LogP contribution < -0.4 is 9.47 Å². The second-order valence-corrected chi connectivity index (χ2v) is 12.6. The standard InChI is InChI=1S/C32H36N4O3/c37-31(35-10-8-34(9-11-35)19-22-6-7-28-29(15-22)39-21-38-28)27-20-36(26-4-2-1-3-5-26)33-30(27)32-16-23-12-24(17-32)14-25(13-23)18-32/h1-7,15,20,23-25H,8-14,16-19,21H2. The second-order valence-electron chi connectivity index (χ2n) is 12.6. The van der Waals surface area contributed by atoms with Crippen LogP contribution in [0.15, 0.2) is 54.7 Å². The Bertz CT molecular complexity index is 1360. The van der Waals surface area contributed by atoms with Gasteiger partial charge in [0.05, 0.1) is 16.9 Å². The Morgan fingerprint density at radius 2 is 1.56 bits per heavy atom. The predicted octanol–water partition coefficient (Wildman–Crippen LogP) is 5.03. The number of para-hydroxylation sites is 1. The zero-order chi connectivity index (χ0) is 26.0. The van der Waals surface area contributed by atoms with Crippen molar-refractivity contribution in [2.75, 3.05) is 33.0 Å². The van der Waals surface area contributed by atoms with Crippen molar-refractivity contribution in [3.63, 3.8) is 0 Å². The maximum Gasteiger partial charge on any atom is 0.257 e. The summed E-state index contributed by atoms with van der Waals surface area (Å²) in [5.41, 5.74) is 4.23. The molecule has 1 saturated heterocycles. The van der Waals surface area contributed by atoms with E-state index in [1.165, 1.54) is 44.1 Å². The average Bonchev–Trinajstić information content (AvgIpc) is 3.61. The number of carbonyl (C=O) groups is 1. The zero-order valence-corrected chi connectivity index (χ0v) is 22.4. The van der Waals surface area contributed by atoms with Crippen molar-refractivity contribution in [2.45, 2.75) is 50.5 Å². The molecule has 3 heterocycles. The minimum Gasteiger partial charge on any atom is -0.454 e. The summed E-state index contributed by atoms with van der Waals surface area (Å²) in [5, 5.41) is 5.22. The highest BCUT2D eigenvalue weighted by Gasteiger charge is 2.54. The van der Waals surface area contributed by atoms with E-state index < -0.39 is 0 Å². The van der Waals surface area contributed by atoms with E-state index in [1.54, 1.807) is 0 Å². The summed E-state index contributed by atoms with van der Waals surface area (Å²) in [7, 11) is 0. The van der Waals surface area contributed by atoms with Gasteiger partial charge < -0.3 is 14.4 Å². The van der Waals surface area contributed by atoms with Crippen LogP contribution in [0, 0.1) is 17.8 Å². The summed E-state index contributed by atoms with van der Waals surface area (Å²) < 4.78 is 13.0. The summed E-state index contributed by atoms with van der Waals surface area (Å²) in [4.78, 5) is 18.7. The molecule has 2 aromatic carbocycles. The smallest absolute Gasteiger partial charge is 0.257 e. The molecule has 4 aliphatic carbocycles. The minimum atomic E-state index is 0.0704. The number of nitrogens with zero attached hydrogens (tertiary/aromatic N) is 4. The average molecular weight is 525 g/mol. The lowest BCUT2D eigenvalue weighted by molar-refractivity contribution is -0.00793. The number of ether oxygens (including phenoxy) is 2. The molecule has 0 unspecified atom stereocenters. The van der Waals surface area contributed by atoms with Gasteiger partial charge in [-0.25, -0.2) is 4.68 Å². The van der Waals surface area contributed by atoms with Crippen LogP contribution in [0.2, 0.25) is 0 Å². The summed E-state index contributed by atoms with van der Waals surface area (Å²) >= 11 is 0. The SMILES string of the molecule is O=C(c1cn(-c2ccccc2)nc1C12CC3CC(CC(C3)C1)C2)N1CCN(Cc2ccc3c(c2)OCO3)CC1. The molecule has 202 valence electrons. The number of fused-ring (bicyclic) bond motifs is 1. The molecule has 1 aromatic heterocycles. The van der Waals surface area contributed by atoms with Gasteiger partial charge in [-0.1, -0.05) is 24.3 Å². The van der Waals surface area contributed by atoms with Crippen molar-refractivity contribution < 1.29 is 14.3 Å². The number of piperazine rings is 1. The molecule has 0 atom stereocenters. The Morgan fingerprint density at radius 3 is 2.28 bits per heavy atom. The van der Waals surface area contributed by atoms with Gasteiger partial charge in [0.15, 0.2) is 11.5 Å². The highest BCUT2D eigenvalue weighted by molar-refractivity contribution is 5.95. The molecular formula is C32H36N4O3. The van der Waals surface area contributed by atoms with Gasteiger partial charge >= 0.3 is 0 Å². The summed E-state index contributed by atoms with van der Waals surface area (Å²) in [5.74, 6) is 4.22. The van der Waals surface area contributed by atoms with Gasteiger partial charge in [-0.15, -0.1) is 0 Å². The van der Waals surface area contributed by atoms with Gasteiger partial charge in [0.2, 0.25) is 6.79 Å². The van der Waals surface area contributed by atoms with Crippen LogP contribution in [0.5, 0.6) is 11.5 Å². The highest BCUT2D eigenvalue weighted by atomic mass is 16.7. The zero-order valence-electron chi connectivity index (χ0n) is 22.4. The molecule has 7 heteroatoms. The Kier molecular flexibility index (Phi) is 5.51. The number of rotatable bonds is 5. The number of amides is 1. The van der Waals surface area contributed by atoms with E-state index in [1.807, 2.05) is 35.1 Å². The molecule has 6 aliphatic rings. The van der Waals surface area contributed by atoms with Gasteiger partial charge in [0, 0.05) is 44.3 Å². The maximum absolute atomic E-state index is 14.2. The Hall–Kier alpha value is -3.32. The molecule has 0 radical (unpaired) electrons. The Morgan fingerprint density at radius 1 is 0.872 bits per heavy atom. The molecule has 0 spiro atoms. The first-order chi connectivity index (χ1) is 19.1. The van der Waals surface area contributed by atoms with Crippen LogP contribution in [0.25, 0.3) is 5.69 Å². The van der Waals surface area contributed by atoms with Crippen LogP contribution in [-0.2, 0) is 12.0 Å². The van der Waals surface area contributed by atoms with Gasteiger partial charge in [-0.3, -0.25) is 9.69 Å². The van der Waals surface area contributed by atoms with Crippen molar-refractivity contribution in [2.24, 2.45) is 17.8 Å². The fourth-order valence-corrected chi connectivity index (χ4v) is 8.61. The molecule has 0 N–H and O–H groups in total. The van der Waals surface area contributed by atoms with E-state index in [0.717, 1.165) is 78.9 Å². The normalized spacial score (nSPS) is 29.2. The summed E-state index contributed by atoms with van der Waals surface area (Å²) in [6.07, 6.45) is 9.79. The lowest BCUT2D eigenvalue weighted by Crippen LogP contribution is -2.51. The molecule has 3 aromatic rings. The van der Waals surface area contributed by atoms with Gasteiger partial charge in [-0.2, -0.15) is 5.10 Å². The fourth-order valence-electron chi connectivity index (χ4n) is 8.61. The third-order valence-corrected chi connectivity index (χ3v) is 10.0. The number of carbonyl (C=O) groups excluding carboxylic acids is 1. The van der Waals surface area contributed by atoms with Crippen LogP contribution >= 0.6 is 0 Å². The number of benzene rings is 2. The van der Waals surface area contributed by atoms with Gasteiger partial charge in [-0.05, 0) is 86.1 Å². The minimum absolute atomic E-state index is 0.0704. The molecular weight excluding hydrogens is 488 g/mol. The first-order valence-corrected chi connectivity index (χ1v) is 14.7. The molecule has 2 aliphatic heterocycles. The molecule has 9 rings (SSSR count). The first-order valence-electron chi connectivity index (χ1n) is 14.7. The lowest BCUT2D eigenvalue weighted by Gasteiger charge is -2.56. The van der Waals surface area contributed by atoms with Crippen molar-refractivity contribution in [1.29, 1.82) is 0 Å². The van der Waals surface area contributed by atoms with Crippen LogP contribution in [0.3, 0.4) is 0 Å². The molecule has 4 saturated carbocycles. The van der Waals surface area contributed by atoms with E-state index in [2.05, 4.69) is 34.1 Å². The van der Waals surface area contributed by atoms with E-state index in [-0.39, 0.29) is 11.3 Å². The van der Waals surface area contributed by atoms with Crippen LogP contribution in [-0.4, -0.2) is 58.5 Å². The third-order valence-electron chi connectivity index (χ3n) is 10.0. The van der Waals surface area contributed by atoms with Crippen LogP contribution in [0.1, 0.15) is 60.1 Å². The number of hydrogen-bond donors (Lipinski definition) is 0. The predicted molar refractivity (Wildman–Crippen MR) is 147 cm³/mol. The van der Waals surface area contributed by atoms with Gasteiger partial charge in [0.25, 0.3) is 5.91 Å². The second kappa shape index (κ2) is 9.12. The highest BCUT2D eigenvalue weighted by Crippen LogP contribution is 2.61. The lowest BCUT2D eigenvalue weighted by atomic mass is 9.48. The number of hydrogen-bond acceptors (Lipinski definition) is 5.